The lowest BCUT2D eigenvalue weighted by Crippen LogP contribution is -2.22. The molecule has 1 aliphatic rings. The van der Waals surface area contributed by atoms with Crippen LogP contribution in [0.1, 0.15) is 31.5 Å². The van der Waals surface area contributed by atoms with Gasteiger partial charge in [-0.3, -0.25) is 9.48 Å². The Morgan fingerprint density at radius 3 is 3.07 bits per heavy atom. The largest absolute Gasteiger partial charge is 0.299 e. The molecule has 1 aromatic heterocycles. The number of rotatable bonds is 2. The number of hydrogen-bond acceptors (Lipinski definition) is 3. The van der Waals surface area contributed by atoms with E-state index in [1.807, 2.05) is 7.05 Å². The molecule has 2 rings (SSSR count). The average molecular weight is 193 g/mol. The second-order valence-electron chi connectivity index (χ2n) is 3.91. The lowest BCUT2D eigenvalue weighted by Gasteiger charge is -2.19. The molecule has 0 aromatic carbocycles. The molecule has 0 N–H and O–H groups in total. The highest BCUT2D eigenvalue weighted by Crippen LogP contribution is 2.23. The number of ketones is 1. The number of carbonyl (C=O) groups excluding carboxylic acids is 1. The number of nitrogens with zero attached hydrogens (tertiary/aromatic N) is 3. The molecule has 1 fully saturated rings. The van der Waals surface area contributed by atoms with Crippen LogP contribution in [0.15, 0.2) is 6.33 Å². The molecule has 0 bridgehead atoms. The van der Waals surface area contributed by atoms with Crippen molar-refractivity contribution in [3.05, 3.63) is 12.2 Å². The van der Waals surface area contributed by atoms with Crippen molar-refractivity contribution in [1.82, 2.24) is 14.8 Å². The van der Waals surface area contributed by atoms with E-state index < -0.39 is 0 Å². The van der Waals surface area contributed by atoms with E-state index in [1.165, 1.54) is 6.42 Å². The minimum atomic E-state index is 0.187. The van der Waals surface area contributed by atoms with Gasteiger partial charge in [-0.2, -0.15) is 5.10 Å². The van der Waals surface area contributed by atoms with Gasteiger partial charge < -0.3 is 0 Å². The van der Waals surface area contributed by atoms with E-state index in [1.54, 1.807) is 11.0 Å². The maximum Gasteiger partial charge on any atom is 0.138 e. The SMILES string of the molecule is Cn1ncnc1CC1CCCCC1=O. The van der Waals surface area contributed by atoms with Crippen LogP contribution >= 0.6 is 0 Å². The summed E-state index contributed by atoms with van der Waals surface area (Å²) >= 11 is 0. The number of hydrogen-bond donors (Lipinski definition) is 0. The van der Waals surface area contributed by atoms with Crippen molar-refractivity contribution in [3.63, 3.8) is 0 Å². The highest BCUT2D eigenvalue weighted by atomic mass is 16.1. The fourth-order valence-electron chi connectivity index (χ4n) is 2.00. The van der Waals surface area contributed by atoms with Crippen molar-refractivity contribution < 1.29 is 4.79 Å². The van der Waals surface area contributed by atoms with Crippen LogP contribution in [0.4, 0.5) is 0 Å². The molecule has 4 nitrogen and oxygen atoms in total. The number of aryl methyl sites for hydroxylation is 1. The third-order valence-electron chi connectivity index (χ3n) is 2.92. The molecule has 0 aliphatic heterocycles. The summed E-state index contributed by atoms with van der Waals surface area (Å²) in [5, 5.41) is 4.00. The molecule has 1 heterocycles. The van der Waals surface area contributed by atoms with E-state index in [4.69, 9.17) is 0 Å². The summed E-state index contributed by atoms with van der Waals surface area (Å²) in [6.45, 7) is 0. The smallest absolute Gasteiger partial charge is 0.138 e. The van der Waals surface area contributed by atoms with Gasteiger partial charge in [-0.05, 0) is 12.8 Å². The van der Waals surface area contributed by atoms with Crippen molar-refractivity contribution in [3.8, 4) is 0 Å². The Balaban J connectivity index is 2.03. The first kappa shape index (κ1) is 9.37. The number of carbonyl (C=O) groups is 1. The van der Waals surface area contributed by atoms with Crippen LogP contribution in [0.3, 0.4) is 0 Å². The Morgan fingerprint density at radius 2 is 2.43 bits per heavy atom. The van der Waals surface area contributed by atoms with Gasteiger partial charge in [0.1, 0.15) is 17.9 Å². The zero-order chi connectivity index (χ0) is 9.97. The quantitative estimate of drug-likeness (QED) is 0.707. The molecule has 1 aliphatic carbocycles. The van der Waals surface area contributed by atoms with Crippen LogP contribution in [0, 0.1) is 5.92 Å². The summed E-state index contributed by atoms with van der Waals surface area (Å²) in [5.41, 5.74) is 0. The van der Waals surface area contributed by atoms with Gasteiger partial charge in [-0.25, -0.2) is 4.98 Å². The van der Waals surface area contributed by atoms with E-state index in [2.05, 4.69) is 10.1 Å². The van der Waals surface area contributed by atoms with Crippen molar-refractivity contribution in [1.29, 1.82) is 0 Å². The molecule has 76 valence electrons. The summed E-state index contributed by atoms with van der Waals surface area (Å²) in [6, 6.07) is 0. The second-order valence-corrected chi connectivity index (χ2v) is 3.91. The van der Waals surface area contributed by atoms with Gasteiger partial charge >= 0.3 is 0 Å². The zero-order valence-corrected chi connectivity index (χ0v) is 8.44. The first-order valence-electron chi connectivity index (χ1n) is 5.13. The Labute approximate surface area is 83.3 Å². The summed E-state index contributed by atoms with van der Waals surface area (Å²) < 4.78 is 1.75. The molecule has 0 spiro atoms. The van der Waals surface area contributed by atoms with Crippen LogP contribution in [0.5, 0.6) is 0 Å². The van der Waals surface area contributed by atoms with Crippen LogP contribution in [0.25, 0.3) is 0 Å². The minimum absolute atomic E-state index is 0.187. The number of aromatic nitrogens is 3. The monoisotopic (exact) mass is 193 g/mol. The zero-order valence-electron chi connectivity index (χ0n) is 8.44. The van der Waals surface area contributed by atoms with E-state index >= 15 is 0 Å². The van der Waals surface area contributed by atoms with Crippen molar-refractivity contribution >= 4 is 5.78 Å². The van der Waals surface area contributed by atoms with Crippen molar-refractivity contribution in [2.75, 3.05) is 0 Å². The van der Waals surface area contributed by atoms with Crippen LogP contribution in [0.2, 0.25) is 0 Å². The predicted octanol–water partition coefficient (Wildman–Crippen LogP) is 1.12. The molecule has 0 radical (unpaired) electrons. The molecule has 0 saturated heterocycles. The second kappa shape index (κ2) is 3.90. The summed E-state index contributed by atoms with van der Waals surface area (Å²) in [4.78, 5) is 15.7. The maximum absolute atomic E-state index is 11.6. The molecule has 4 heteroatoms. The van der Waals surface area contributed by atoms with Gasteiger partial charge in [0.25, 0.3) is 0 Å². The van der Waals surface area contributed by atoms with Crippen LogP contribution in [-0.2, 0) is 18.3 Å². The molecule has 1 saturated carbocycles. The molecule has 1 aromatic rings. The van der Waals surface area contributed by atoms with Crippen LogP contribution < -0.4 is 0 Å². The standard InChI is InChI=1S/C10H15N3O/c1-13-10(11-7-12-13)6-8-4-2-3-5-9(8)14/h7-8H,2-6H2,1H3. The first-order chi connectivity index (χ1) is 6.77. The van der Waals surface area contributed by atoms with E-state index in [9.17, 15) is 4.79 Å². The van der Waals surface area contributed by atoms with Gasteiger partial charge in [0.05, 0.1) is 0 Å². The van der Waals surface area contributed by atoms with Gasteiger partial charge in [0.2, 0.25) is 0 Å². The maximum atomic E-state index is 11.6. The van der Waals surface area contributed by atoms with E-state index in [0.29, 0.717) is 5.78 Å². The van der Waals surface area contributed by atoms with Gasteiger partial charge in [0, 0.05) is 25.8 Å². The Bertz CT molecular complexity index is 332. The Hall–Kier alpha value is -1.19. The van der Waals surface area contributed by atoms with Crippen LogP contribution in [-0.4, -0.2) is 20.5 Å². The highest BCUT2D eigenvalue weighted by Gasteiger charge is 2.23. The predicted molar refractivity (Wildman–Crippen MR) is 51.7 cm³/mol. The highest BCUT2D eigenvalue weighted by molar-refractivity contribution is 5.81. The van der Waals surface area contributed by atoms with Gasteiger partial charge in [-0.1, -0.05) is 6.42 Å². The average Bonchev–Trinajstić information content (AvgIpc) is 2.56. The normalized spacial score (nSPS) is 22.6. The topological polar surface area (TPSA) is 47.8 Å². The van der Waals surface area contributed by atoms with Crippen molar-refractivity contribution in [2.24, 2.45) is 13.0 Å². The summed E-state index contributed by atoms with van der Waals surface area (Å²) in [7, 11) is 1.87. The third-order valence-corrected chi connectivity index (χ3v) is 2.92. The fourth-order valence-corrected chi connectivity index (χ4v) is 2.00. The third kappa shape index (κ3) is 1.84. The fraction of sp³-hybridized carbons (Fsp3) is 0.700. The molecule has 0 amide bonds. The molecular formula is C10H15N3O. The Kier molecular flexibility index (Phi) is 2.61. The van der Waals surface area contributed by atoms with E-state index in [0.717, 1.165) is 31.5 Å². The van der Waals surface area contributed by atoms with E-state index in [-0.39, 0.29) is 5.92 Å². The first-order valence-corrected chi connectivity index (χ1v) is 5.13. The lowest BCUT2D eigenvalue weighted by molar-refractivity contribution is -0.124. The minimum Gasteiger partial charge on any atom is -0.299 e. The summed E-state index contributed by atoms with van der Waals surface area (Å²) in [6.07, 6.45) is 6.31. The van der Waals surface area contributed by atoms with Gasteiger partial charge in [-0.15, -0.1) is 0 Å². The van der Waals surface area contributed by atoms with Crippen molar-refractivity contribution in [2.45, 2.75) is 32.1 Å². The molecule has 14 heavy (non-hydrogen) atoms. The van der Waals surface area contributed by atoms with Gasteiger partial charge in [0.15, 0.2) is 0 Å². The molecule has 1 unspecified atom stereocenters. The molecular weight excluding hydrogens is 178 g/mol. The summed E-state index contributed by atoms with van der Waals surface area (Å²) in [5.74, 6) is 1.51. The number of Topliss-reactive ketones (excluding diaryl/α,β-unsaturated/α-hetero) is 1. The molecule has 1 atom stereocenters. The Morgan fingerprint density at radius 1 is 1.57 bits per heavy atom. The lowest BCUT2D eigenvalue weighted by atomic mass is 9.85.